The van der Waals surface area contributed by atoms with Gasteiger partial charge in [0.15, 0.2) is 0 Å². The Morgan fingerprint density at radius 3 is 2.72 bits per heavy atom. The summed E-state index contributed by atoms with van der Waals surface area (Å²) in [7, 11) is 0. The monoisotopic (exact) mass is 248 g/mol. The van der Waals surface area contributed by atoms with E-state index in [9.17, 15) is 4.39 Å². The second-order valence-corrected chi connectivity index (χ2v) is 4.18. The molecule has 0 spiro atoms. The molecule has 0 fully saturated rings. The van der Waals surface area contributed by atoms with Gasteiger partial charge in [-0.3, -0.25) is 4.90 Å². The first-order chi connectivity index (χ1) is 8.71. The minimum atomic E-state index is -0.251. The fraction of sp³-hybridized carbons (Fsp3) is 0.467. The van der Waals surface area contributed by atoms with Crippen molar-refractivity contribution in [2.75, 3.05) is 19.6 Å². The Morgan fingerprint density at radius 2 is 2.11 bits per heavy atom. The van der Waals surface area contributed by atoms with Gasteiger partial charge in [0.2, 0.25) is 0 Å². The van der Waals surface area contributed by atoms with Gasteiger partial charge in [0.1, 0.15) is 5.82 Å². The van der Waals surface area contributed by atoms with Crippen molar-refractivity contribution in [1.82, 2.24) is 4.90 Å². The second kappa shape index (κ2) is 7.86. The maximum Gasteiger partial charge on any atom is 0.124 e. The lowest BCUT2D eigenvalue weighted by Gasteiger charge is -2.20. The molecule has 1 aromatic rings. The standard InChI is InChI=1S/C15H21FN2/c1-3-10-18(4-2)12-14-7-8-15(16)11-13(14)6-5-9-17/h7-8,11H,3-4,9-10,12,17H2,1-2H3. The molecule has 0 aliphatic rings. The molecule has 0 heterocycles. The summed E-state index contributed by atoms with van der Waals surface area (Å²) in [5.74, 6) is 5.48. The van der Waals surface area contributed by atoms with Crippen molar-refractivity contribution in [3.05, 3.63) is 35.1 Å². The molecular formula is C15H21FN2. The van der Waals surface area contributed by atoms with Gasteiger partial charge in [-0.15, -0.1) is 0 Å². The van der Waals surface area contributed by atoms with Gasteiger partial charge in [0.25, 0.3) is 0 Å². The van der Waals surface area contributed by atoms with Crippen LogP contribution in [0.3, 0.4) is 0 Å². The lowest BCUT2D eigenvalue weighted by molar-refractivity contribution is 0.280. The molecule has 0 saturated carbocycles. The molecule has 0 aliphatic heterocycles. The quantitative estimate of drug-likeness (QED) is 0.811. The largest absolute Gasteiger partial charge is 0.320 e. The Morgan fingerprint density at radius 1 is 1.33 bits per heavy atom. The van der Waals surface area contributed by atoms with E-state index in [-0.39, 0.29) is 5.82 Å². The SMILES string of the molecule is CCCN(CC)Cc1ccc(F)cc1C#CCN. The van der Waals surface area contributed by atoms with Gasteiger partial charge in [-0.05, 0) is 37.2 Å². The summed E-state index contributed by atoms with van der Waals surface area (Å²) in [4.78, 5) is 2.32. The first-order valence-corrected chi connectivity index (χ1v) is 6.41. The van der Waals surface area contributed by atoms with Crippen LogP contribution in [0.25, 0.3) is 0 Å². The molecule has 0 saturated heterocycles. The summed E-state index contributed by atoms with van der Waals surface area (Å²) in [5.41, 5.74) is 7.17. The van der Waals surface area contributed by atoms with Gasteiger partial charge < -0.3 is 5.73 Å². The molecule has 0 atom stereocenters. The first-order valence-electron chi connectivity index (χ1n) is 6.41. The van der Waals surface area contributed by atoms with Crippen LogP contribution in [-0.2, 0) is 6.54 Å². The van der Waals surface area contributed by atoms with Crippen molar-refractivity contribution in [2.24, 2.45) is 5.73 Å². The zero-order chi connectivity index (χ0) is 13.4. The van der Waals surface area contributed by atoms with E-state index in [0.29, 0.717) is 6.54 Å². The van der Waals surface area contributed by atoms with E-state index in [2.05, 4.69) is 30.6 Å². The maximum absolute atomic E-state index is 13.2. The summed E-state index contributed by atoms with van der Waals surface area (Å²) in [6.07, 6.45) is 1.11. The van der Waals surface area contributed by atoms with E-state index in [1.54, 1.807) is 0 Å². The smallest absolute Gasteiger partial charge is 0.124 e. The van der Waals surface area contributed by atoms with Crippen molar-refractivity contribution < 1.29 is 4.39 Å². The number of nitrogens with zero attached hydrogens (tertiary/aromatic N) is 1. The van der Waals surface area contributed by atoms with E-state index in [1.165, 1.54) is 12.1 Å². The summed E-state index contributed by atoms with van der Waals surface area (Å²) >= 11 is 0. The van der Waals surface area contributed by atoms with Crippen molar-refractivity contribution in [1.29, 1.82) is 0 Å². The highest BCUT2D eigenvalue weighted by molar-refractivity contribution is 5.41. The van der Waals surface area contributed by atoms with E-state index in [0.717, 1.165) is 37.2 Å². The lowest BCUT2D eigenvalue weighted by Crippen LogP contribution is -2.24. The summed E-state index contributed by atoms with van der Waals surface area (Å²) < 4.78 is 13.2. The van der Waals surface area contributed by atoms with Crippen LogP contribution in [-0.4, -0.2) is 24.5 Å². The highest BCUT2D eigenvalue weighted by Crippen LogP contribution is 2.13. The van der Waals surface area contributed by atoms with Crippen LogP contribution in [0.5, 0.6) is 0 Å². The normalized spacial score (nSPS) is 10.3. The van der Waals surface area contributed by atoms with Crippen molar-refractivity contribution >= 4 is 0 Å². The van der Waals surface area contributed by atoms with Gasteiger partial charge in [-0.1, -0.05) is 31.8 Å². The molecule has 98 valence electrons. The Bertz CT molecular complexity index is 432. The minimum absolute atomic E-state index is 0.251. The molecule has 1 rings (SSSR count). The third kappa shape index (κ3) is 4.48. The zero-order valence-electron chi connectivity index (χ0n) is 11.2. The van der Waals surface area contributed by atoms with Crippen LogP contribution in [0.15, 0.2) is 18.2 Å². The summed E-state index contributed by atoms with van der Waals surface area (Å²) in [5, 5.41) is 0. The van der Waals surface area contributed by atoms with E-state index in [4.69, 9.17) is 5.73 Å². The van der Waals surface area contributed by atoms with Gasteiger partial charge >= 0.3 is 0 Å². The summed E-state index contributed by atoms with van der Waals surface area (Å²) in [6.45, 7) is 7.40. The Kier molecular flexibility index (Phi) is 6.42. The molecule has 2 N–H and O–H groups in total. The molecule has 3 heteroatoms. The van der Waals surface area contributed by atoms with Crippen molar-refractivity contribution in [3.8, 4) is 11.8 Å². The number of hydrogen-bond acceptors (Lipinski definition) is 2. The number of halogens is 1. The first kappa shape index (κ1) is 14.7. The average Bonchev–Trinajstić information content (AvgIpc) is 2.38. The average molecular weight is 248 g/mol. The molecule has 0 amide bonds. The number of rotatable bonds is 5. The highest BCUT2D eigenvalue weighted by atomic mass is 19.1. The minimum Gasteiger partial charge on any atom is -0.320 e. The van der Waals surface area contributed by atoms with Crippen LogP contribution in [0.1, 0.15) is 31.4 Å². The van der Waals surface area contributed by atoms with Gasteiger partial charge in [-0.2, -0.15) is 0 Å². The zero-order valence-corrected chi connectivity index (χ0v) is 11.2. The van der Waals surface area contributed by atoms with Crippen molar-refractivity contribution in [2.45, 2.75) is 26.8 Å². The summed E-state index contributed by atoms with van der Waals surface area (Å²) in [6, 6.07) is 4.79. The molecule has 2 nitrogen and oxygen atoms in total. The Hall–Kier alpha value is -1.37. The fourth-order valence-electron chi connectivity index (χ4n) is 1.86. The molecule has 0 unspecified atom stereocenters. The Balaban J connectivity index is 2.92. The molecule has 0 aliphatic carbocycles. The molecule has 18 heavy (non-hydrogen) atoms. The predicted octanol–water partition coefficient (Wildman–Crippen LogP) is 2.37. The van der Waals surface area contributed by atoms with E-state index in [1.807, 2.05) is 6.07 Å². The van der Waals surface area contributed by atoms with E-state index >= 15 is 0 Å². The second-order valence-electron chi connectivity index (χ2n) is 4.18. The number of nitrogens with two attached hydrogens (primary N) is 1. The van der Waals surface area contributed by atoms with Crippen LogP contribution >= 0.6 is 0 Å². The molecule has 0 bridgehead atoms. The fourth-order valence-corrected chi connectivity index (χ4v) is 1.86. The van der Waals surface area contributed by atoms with Crippen LogP contribution < -0.4 is 5.73 Å². The molecule has 1 aromatic carbocycles. The number of hydrogen-bond donors (Lipinski definition) is 1. The predicted molar refractivity (Wildman–Crippen MR) is 73.6 cm³/mol. The third-order valence-corrected chi connectivity index (χ3v) is 2.78. The highest BCUT2D eigenvalue weighted by Gasteiger charge is 2.07. The number of benzene rings is 1. The lowest BCUT2D eigenvalue weighted by atomic mass is 10.1. The van der Waals surface area contributed by atoms with Crippen LogP contribution in [0.4, 0.5) is 4.39 Å². The molecular weight excluding hydrogens is 227 g/mol. The van der Waals surface area contributed by atoms with Crippen molar-refractivity contribution in [3.63, 3.8) is 0 Å². The van der Waals surface area contributed by atoms with Gasteiger partial charge in [0, 0.05) is 12.1 Å². The third-order valence-electron chi connectivity index (χ3n) is 2.78. The molecule has 0 radical (unpaired) electrons. The Labute approximate surface area is 109 Å². The van der Waals surface area contributed by atoms with Gasteiger partial charge in [0.05, 0.1) is 6.54 Å². The maximum atomic E-state index is 13.2. The topological polar surface area (TPSA) is 29.3 Å². The molecule has 0 aromatic heterocycles. The van der Waals surface area contributed by atoms with Crippen LogP contribution in [0.2, 0.25) is 0 Å². The van der Waals surface area contributed by atoms with Gasteiger partial charge in [-0.25, -0.2) is 4.39 Å². The van der Waals surface area contributed by atoms with E-state index < -0.39 is 0 Å². The van der Waals surface area contributed by atoms with Crippen LogP contribution in [0, 0.1) is 17.7 Å².